The molecule has 1 heterocycles. The minimum Gasteiger partial charge on any atom is -0.379 e. The van der Waals surface area contributed by atoms with Gasteiger partial charge < -0.3 is 4.74 Å². The zero-order valence-electron chi connectivity index (χ0n) is 9.97. The number of ether oxygens (including phenoxy) is 1. The molecule has 1 aliphatic rings. The van der Waals surface area contributed by atoms with Gasteiger partial charge in [0.05, 0.1) is 18.1 Å². The number of amides is 1. The van der Waals surface area contributed by atoms with Crippen LogP contribution in [0.3, 0.4) is 0 Å². The maximum Gasteiger partial charge on any atom is 0.282 e. The van der Waals surface area contributed by atoms with Crippen molar-refractivity contribution in [1.29, 1.82) is 0 Å². The number of carbonyl (C=O) groups is 1. The van der Waals surface area contributed by atoms with Crippen LogP contribution < -0.4 is 5.43 Å². The van der Waals surface area contributed by atoms with E-state index in [1.807, 2.05) is 0 Å². The van der Waals surface area contributed by atoms with Gasteiger partial charge >= 0.3 is 0 Å². The van der Waals surface area contributed by atoms with Crippen LogP contribution in [0.15, 0.2) is 18.2 Å². The second-order valence-corrected chi connectivity index (χ2v) is 3.96. The highest BCUT2D eigenvalue weighted by molar-refractivity contribution is 5.97. The number of hydrogen-bond donors (Lipinski definition) is 1. The fraction of sp³-hybridized carbons (Fsp3) is 0.364. The van der Waals surface area contributed by atoms with E-state index in [0.717, 1.165) is 18.2 Å². The number of rotatable bonds is 3. The second kappa shape index (κ2) is 5.72. The lowest BCUT2D eigenvalue weighted by Crippen LogP contribution is -2.48. The van der Waals surface area contributed by atoms with Crippen molar-refractivity contribution in [3.05, 3.63) is 39.7 Å². The number of morpholine rings is 1. The SMILES string of the molecule is O=C(NN1CCOCC1)c1cc(F)ccc1[N+](=O)[O-]. The quantitative estimate of drug-likeness (QED) is 0.645. The third kappa shape index (κ3) is 3.24. The van der Waals surface area contributed by atoms with Gasteiger partial charge in [-0.3, -0.25) is 20.3 Å². The van der Waals surface area contributed by atoms with E-state index in [9.17, 15) is 19.3 Å². The Morgan fingerprint density at radius 2 is 2.11 bits per heavy atom. The van der Waals surface area contributed by atoms with E-state index >= 15 is 0 Å². The van der Waals surface area contributed by atoms with Crippen LogP contribution in [0, 0.1) is 15.9 Å². The van der Waals surface area contributed by atoms with Gasteiger partial charge in [0.1, 0.15) is 11.4 Å². The van der Waals surface area contributed by atoms with E-state index in [-0.39, 0.29) is 5.56 Å². The molecule has 7 nitrogen and oxygen atoms in total. The number of hydrazine groups is 1. The Labute approximate surface area is 108 Å². The van der Waals surface area contributed by atoms with Crippen molar-refractivity contribution in [2.45, 2.75) is 0 Å². The van der Waals surface area contributed by atoms with Crippen molar-refractivity contribution in [2.75, 3.05) is 26.3 Å². The first-order valence-corrected chi connectivity index (χ1v) is 5.65. The molecule has 1 fully saturated rings. The minimum atomic E-state index is -0.715. The molecule has 0 spiro atoms. The van der Waals surface area contributed by atoms with Crippen molar-refractivity contribution in [2.24, 2.45) is 0 Å². The Morgan fingerprint density at radius 3 is 2.74 bits per heavy atom. The van der Waals surface area contributed by atoms with Crippen LogP contribution in [-0.4, -0.2) is 42.1 Å². The van der Waals surface area contributed by atoms with E-state index in [1.54, 1.807) is 5.01 Å². The topological polar surface area (TPSA) is 84.7 Å². The van der Waals surface area contributed by atoms with Crippen molar-refractivity contribution in [3.8, 4) is 0 Å². The highest BCUT2D eigenvalue weighted by Crippen LogP contribution is 2.19. The molecule has 19 heavy (non-hydrogen) atoms. The highest BCUT2D eigenvalue weighted by Gasteiger charge is 2.23. The number of nitro groups is 1. The van der Waals surface area contributed by atoms with Crippen molar-refractivity contribution in [3.63, 3.8) is 0 Å². The van der Waals surface area contributed by atoms with Crippen molar-refractivity contribution in [1.82, 2.24) is 10.4 Å². The van der Waals surface area contributed by atoms with Crippen molar-refractivity contribution >= 4 is 11.6 Å². The number of nitro benzene ring substituents is 1. The van der Waals surface area contributed by atoms with Gasteiger partial charge in [0.2, 0.25) is 0 Å². The van der Waals surface area contributed by atoms with Gasteiger partial charge in [0.15, 0.2) is 0 Å². The molecule has 0 radical (unpaired) electrons. The highest BCUT2D eigenvalue weighted by atomic mass is 19.1. The molecule has 8 heteroatoms. The second-order valence-electron chi connectivity index (χ2n) is 3.96. The Hall–Kier alpha value is -2.06. The van der Waals surface area contributed by atoms with Gasteiger partial charge in [0.25, 0.3) is 11.6 Å². The molecule has 1 aliphatic heterocycles. The average molecular weight is 269 g/mol. The summed E-state index contributed by atoms with van der Waals surface area (Å²) in [5.41, 5.74) is 1.78. The van der Waals surface area contributed by atoms with Gasteiger partial charge in [-0.2, -0.15) is 0 Å². The molecule has 0 unspecified atom stereocenters. The maximum atomic E-state index is 13.1. The summed E-state index contributed by atoms with van der Waals surface area (Å²) in [7, 11) is 0. The first kappa shape index (κ1) is 13.4. The normalized spacial score (nSPS) is 16.1. The van der Waals surface area contributed by atoms with Crippen LogP contribution in [0.2, 0.25) is 0 Å². The molecule has 0 aromatic heterocycles. The number of carbonyl (C=O) groups excluding carboxylic acids is 1. The number of nitrogens with one attached hydrogen (secondary N) is 1. The maximum absolute atomic E-state index is 13.1. The molecule has 0 bridgehead atoms. The van der Waals surface area contributed by atoms with E-state index in [4.69, 9.17) is 4.74 Å². The van der Waals surface area contributed by atoms with Crippen LogP contribution in [0.4, 0.5) is 10.1 Å². The van der Waals surface area contributed by atoms with E-state index < -0.39 is 22.3 Å². The Kier molecular flexibility index (Phi) is 4.03. The fourth-order valence-corrected chi connectivity index (χ4v) is 1.73. The Morgan fingerprint density at radius 1 is 1.42 bits per heavy atom. The first-order valence-electron chi connectivity index (χ1n) is 5.65. The number of nitrogens with zero attached hydrogens (tertiary/aromatic N) is 2. The Bertz CT molecular complexity index is 503. The van der Waals surface area contributed by atoms with Gasteiger partial charge in [0, 0.05) is 19.2 Å². The molecular formula is C11H12FN3O4. The lowest BCUT2D eigenvalue weighted by molar-refractivity contribution is -0.385. The van der Waals surface area contributed by atoms with Crippen LogP contribution in [-0.2, 0) is 4.74 Å². The summed E-state index contributed by atoms with van der Waals surface area (Å²) in [5, 5.41) is 12.4. The third-order valence-electron chi connectivity index (χ3n) is 2.67. The zero-order chi connectivity index (χ0) is 13.8. The summed E-state index contributed by atoms with van der Waals surface area (Å²) in [6.07, 6.45) is 0. The van der Waals surface area contributed by atoms with E-state index in [0.29, 0.717) is 26.3 Å². The molecule has 0 saturated carbocycles. The Balaban J connectivity index is 2.17. The summed E-state index contributed by atoms with van der Waals surface area (Å²) < 4.78 is 18.2. The van der Waals surface area contributed by atoms with Crippen molar-refractivity contribution < 1.29 is 18.8 Å². The number of benzene rings is 1. The number of hydrogen-bond acceptors (Lipinski definition) is 5. The molecule has 102 valence electrons. The molecule has 0 atom stereocenters. The van der Waals surface area contributed by atoms with E-state index in [1.165, 1.54) is 0 Å². The van der Waals surface area contributed by atoms with Gasteiger partial charge in [-0.25, -0.2) is 9.40 Å². The van der Waals surface area contributed by atoms with Gasteiger partial charge in [-0.15, -0.1) is 0 Å². The summed E-state index contributed by atoms with van der Waals surface area (Å²) in [5.74, 6) is -1.40. The molecule has 1 N–H and O–H groups in total. The lowest BCUT2D eigenvalue weighted by atomic mass is 10.1. The predicted octanol–water partition coefficient (Wildman–Crippen LogP) is 0.711. The molecule has 1 aromatic rings. The molecule has 0 aliphatic carbocycles. The van der Waals surface area contributed by atoms with Crippen LogP contribution >= 0.6 is 0 Å². The largest absolute Gasteiger partial charge is 0.379 e. The lowest BCUT2D eigenvalue weighted by Gasteiger charge is -2.26. The van der Waals surface area contributed by atoms with Gasteiger partial charge in [-0.05, 0) is 12.1 Å². The third-order valence-corrected chi connectivity index (χ3v) is 2.67. The predicted molar refractivity (Wildman–Crippen MR) is 62.9 cm³/mol. The molecular weight excluding hydrogens is 257 g/mol. The molecule has 1 amide bonds. The molecule has 1 saturated heterocycles. The first-order chi connectivity index (χ1) is 9.08. The molecule has 1 aromatic carbocycles. The average Bonchev–Trinajstić information content (AvgIpc) is 2.39. The monoisotopic (exact) mass is 269 g/mol. The summed E-state index contributed by atoms with van der Waals surface area (Å²) in [6, 6.07) is 2.78. The van der Waals surface area contributed by atoms with Crippen LogP contribution in [0.5, 0.6) is 0 Å². The number of halogens is 1. The van der Waals surface area contributed by atoms with Crippen LogP contribution in [0.25, 0.3) is 0 Å². The molecule has 2 rings (SSSR count). The van der Waals surface area contributed by atoms with Crippen LogP contribution in [0.1, 0.15) is 10.4 Å². The van der Waals surface area contributed by atoms with Gasteiger partial charge in [-0.1, -0.05) is 0 Å². The van der Waals surface area contributed by atoms with E-state index in [2.05, 4.69) is 5.43 Å². The smallest absolute Gasteiger partial charge is 0.282 e. The standard InChI is InChI=1S/C11H12FN3O4/c12-8-1-2-10(15(17)18)9(7-8)11(16)13-14-3-5-19-6-4-14/h1-2,7H,3-6H2,(H,13,16). The summed E-state index contributed by atoms with van der Waals surface area (Å²) >= 11 is 0. The fourth-order valence-electron chi connectivity index (χ4n) is 1.73. The zero-order valence-corrected chi connectivity index (χ0v) is 9.97. The summed E-state index contributed by atoms with van der Waals surface area (Å²) in [4.78, 5) is 22.0. The minimum absolute atomic E-state index is 0.295. The summed E-state index contributed by atoms with van der Waals surface area (Å²) in [6.45, 7) is 1.89.